The van der Waals surface area contributed by atoms with Gasteiger partial charge in [0.2, 0.25) is 0 Å². The van der Waals surface area contributed by atoms with Crippen molar-refractivity contribution in [2.45, 2.75) is 19.4 Å². The highest BCUT2D eigenvalue weighted by molar-refractivity contribution is 5.69. The molecule has 33 heavy (non-hydrogen) atoms. The first-order chi connectivity index (χ1) is 16.0. The average molecular weight is 464 g/mol. The minimum atomic E-state index is -1.06. The number of nitrogens with zero attached hydrogens (tertiary/aromatic N) is 3. The lowest BCUT2D eigenvalue weighted by Gasteiger charge is -2.34. The van der Waals surface area contributed by atoms with Crippen molar-refractivity contribution in [3.05, 3.63) is 29.8 Å². The first kappa shape index (κ1) is 28.1. The fourth-order valence-electron chi connectivity index (χ4n) is 3.49. The monoisotopic (exact) mass is 463 g/mol. The second-order valence-corrected chi connectivity index (χ2v) is 7.44. The van der Waals surface area contributed by atoms with Crippen molar-refractivity contribution < 1.29 is 33.8 Å². The normalized spacial score (nSPS) is 12.0. The van der Waals surface area contributed by atoms with Crippen molar-refractivity contribution in [1.82, 2.24) is 14.7 Å². The highest BCUT2D eigenvalue weighted by Gasteiger charge is 2.24. The standard InChI is InChI=1S/C23H33N3O7/c1-2-33-22-5-3-20(4-6-22)17-21(26(12-16-30)19-23(31)32)18-25(11-15-29)8-7-24(9-13-27)10-14-28/h3-6,13-16,21H,2,7-12,17-19H2,1H3,(H,31,32). The van der Waals surface area contributed by atoms with Crippen LogP contribution in [0, 0.1) is 0 Å². The highest BCUT2D eigenvalue weighted by atomic mass is 16.5. The van der Waals surface area contributed by atoms with E-state index in [-0.39, 0.29) is 38.8 Å². The number of carboxylic acids is 1. The molecule has 0 bridgehead atoms. The Morgan fingerprint density at radius 2 is 1.45 bits per heavy atom. The first-order valence-electron chi connectivity index (χ1n) is 10.8. The van der Waals surface area contributed by atoms with Gasteiger partial charge in [-0.15, -0.1) is 0 Å². The van der Waals surface area contributed by atoms with Gasteiger partial charge in [0.15, 0.2) is 0 Å². The van der Waals surface area contributed by atoms with Crippen molar-refractivity contribution >= 4 is 31.1 Å². The van der Waals surface area contributed by atoms with E-state index in [2.05, 4.69) is 0 Å². The van der Waals surface area contributed by atoms with Crippen LogP contribution >= 0.6 is 0 Å². The number of benzene rings is 1. The van der Waals surface area contributed by atoms with Gasteiger partial charge in [-0.3, -0.25) is 19.5 Å². The van der Waals surface area contributed by atoms with Crippen molar-refractivity contribution in [2.24, 2.45) is 0 Å². The molecule has 1 atom stereocenters. The fraction of sp³-hybridized carbons (Fsp3) is 0.522. The van der Waals surface area contributed by atoms with Crippen LogP contribution in [0.1, 0.15) is 12.5 Å². The highest BCUT2D eigenvalue weighted by Crippen LogP contribution is 2.16. The maximum Gasteiger partial charge on any atom is 0.317 e. The molecule has 0 radical (unpaired) electrons. The molecular formula is C23H33N3O7. The number of rotatable bonds is 20. The maximum absolute atomic E-state index is 11.4. The van der Waals surface area contributed by atoms with Gasteiger partial charge in [-0.2, -0.15) is 0 Å². The van der Waals surface area contributed by atoms with Crippen LogP contribution in [-0.2, 0) is 30.4 Å². The van der Waals surface area contributed by atoms with Gasteiger partial charge in [0.1, 0.15) is 30.9 Å². The Kier molecular flexibility index (Phi) is 14.2. The zero-order valence-corrected chi connectivity index (χ0v) is 19.0. The predicted octanol–water partition coefficient (Wildman–Crippen LogP) is -0.217. The number of carbonyl (C=O) groups is 5. The third kappa shape index (κ3) is 11.5. The smallest absolute Gasteiger partial charge is 0.317 e. The van der Waals surface area contributed by atoms with Gasteiger partial charge in [-0.1, -0.05) is 12.1 Å². The van der Waals surface area contributed by atoms with Gasteiger partial charge in [0, 0.05) is 25.7 Å². The van der Waals surface area contributed by atoms with E-state index < -0.39 is 5.97 Å². The Morgan fingerprint density at radius 3 is 1.97 bits per heavy atom. The number of carbonyl (C=O) groups excluding carboxylic acids is 4. The molecule has 1 N–H and O–H groups in total. The van der Waals surface area contributed by atoms with Gasteiger partial charge in [-0.25, -0.2) is 0 Å². The lowest BCUT2D eigenvalue weighted by molar-refractivity contribution is -0.139. The van der Waals surface area contributed by atoms with E-state index in [1.54, 1.807) is 9.80 Å². The van der Waals surface area contributed by atoms with Crippen LogP contribution in [0.4, 0.5) is 0 Å². The molecule has 1 aromatic carbocycles. The molecule has 0 saturated heterocycles. The summed E-state index contributed by atoms with van der Waals surface area (Å²) in [6.07, 6.45) is 3.28. The van der Waals surface area contributed by atoms with E-state index in [0.29, 0.717) is 51.5 Å². The summed E-state index contributed by atoms with van der Waals surface area (Å²) in [7, 11) is 0. The van der Waals surface area contributed by atoms with Gasteiger partial charge < -0.3 is 29.0 Å². The van der Waals surface area contributed by atoms with Crippen LogP contribution in [0.2, 0.25) is 0 Å². The molecule has 1 rings (SSSR count). The molecule has 0 saturated carbocycles. The molecule has 0 heterocycles. The second kappa shape index (κ2) is 16.7. The predicted molar refractivity (Wildman–Crippen MR) is 121 cm³/mol. The van der Waals surface area contributed by atoms with Crippen molar-refractivity contribution in [3.8, 4) is 5.75 Å². The Labute approximate surface area is 194 Å². The Morgan fingerprint density at radius 1 is 0.909 bits per heavy atom. The third-order valence-corrected chi connectivity index (χ3v) is 5.07. The molecule has 0 amide bonds. The summed E-state index contributed by atoms with van der Waals surface area (Å²) in [5.74, 6) is -0.334. The zero-order valence-electron chi connectivity index (χ0n) is 19.0. The number of carboxylic acid groups (broad SMARTS) is 1. The van der Waals surface area contributed by atoms with Gasteiger partial charge in [-0.05, 0) is 31.0 Å². The van der Waals surface area contributed by atoms with Gasteiger partial charge >= 0.3 is 5.97 Å². The Hall–Kier alpha value is -2.95. The quantitative estimate of drug-likeness (QED) is 0.260. The van der Waals surface area contributed by atoms with Crippen LogP contribution in [0.3, 0.4) is 0 Å². The van der Waals surface area contributed by atoms with E-state index in [0.717, 1.165) is 17.6 Å². The average Bonchev–Trinajstić information content (AvgIpc) is 2.78. The largest absolute Gasteiger partial charge is 0.494 e. The van der Waals surface area contributed by atoms with Gasteiger partial charge in [0.05, 0.1) is 39.3 Å². The molecule has 0 aromatic heterocycles. The summed E-state index contributed by atoms with van der Waals surface area (Å²) >= 11 is 0. The molecule has 182 valence electrons. The lowest BCUT2D eigenvalue weighted by atomic mass is 10.0. The maximum atomic E-state index is 11.4. The second-order valence-electron chi connectivity index (χ2n) is 7.44. The van der Waals surface area contributed by atoms with Crippen LogP contribution < -0.4 is 4.74 Å². The van der Waals surface area contributed by atoms with Gasteiger partial charge in [0.25, 0.3) is 0 Å². The number of ether oxygens (including phenoxy) is 1. The molecule has 0 fully saturated rings. The third-order valence-electron chi connectivity index (χ3n) is 5.07. The SMILES string of the molecule is CCOc1ccc(CC(CN(CC=O)CCN(CC=O)CC=O)N(CC=O)CC(=O)O)cc1. The van der Waals surface area contributed by atoms with Crippen LogP contribution in [0.5, 0.6) is 5.75 Å². The molecule has 0 spiro atoms. The fourth-order valence-corrected chi connectivity index (χ4v) is 3.49. The van der Waals surface area contributed by atoms with Crippen molar-refractivity contribution in [3.63, 3.8) is 0 Å². The van der Waals surface area contributed by atoms with E-state index in [4.69, 9.17) is 4.74 Å². The summed E-state index contributed by atoms with van der Waals surface area (Å²) in [4.78, 5) is 60.7. The Bertz CT molecular complexity index is 732. The first-order valence-corrected chi connectivity index (χ1v) is 10.8. The number of aldehydes is 4. The molecule has 1 unspecified atom stereocenters. The number of aliphatic carboxylic acids is 1. The zero-order chi connectivity index (χ0) is 24.5. The van der Waals surface area contributed by atoms with Crippen molar-refractivity contribution in [2.75, 3.05) is 59.0 Å². The van der Waals surface area contributed by atoms with E-state index in [1.165, 1.54) is 0 Å². The van der Waals surface area contributed by atoms with Crippen LogP contribution in [0.25, 0.3) is 0 Å². The Balaban J connectivity index is 3.04. The number of hydrogen-bond donors (Lipinski definition) is 1. The number of hydrogen-bond acceptors (Lipinski definition) is 9. The van der Waals surface area contributed by atoms with E-state index in [9.17, 15) is 29.1 Å². The molecule has 0 aliphatic rings. The van der Waals surface area contributed by atoms with Crippen molar-refractivity contribution in [1.29, 1.82) is 0 Å². The minimum absolute atomic E-state index is 0.0642. The van der Waals surface area contributed by atoms with E-state index >= 15 is 0 Å². The molecule has 10 nitrogen and oxygen atoms in total. The van der Waals surface area contributed by atoms with Crippen LogP contribution in [-0.4, -0.2) is 116 Å². The molecule has 0 aliphatic heterocycles. The molecule has 0 aliphatic carbocycles. The van der Waals surface area contributed by atoms with Crippen LogP contribution in [0.15, 0.2) is 24.3 Å². The summed E-state index contributed by atoms with van der Waals surface area (Å²) < 4.78 is 5.46. The summed E-state index contributed by atoms with van der Waals surface area (Å²) in [6, 6.07) is 7.07. The topological polar surface area (TPSA) is 125 Å². The summed E-state index contributed by atoms with van der Waals surface area (Å²) in [6.45, 7) is 3.43. The molecule has 1 aromatic rings. The summed E-state index contributed by atoms with van der Waals surface area (Å²) in [5, 5.41) is 9.34. The molecular weight excluding hydrogens is 430 g/mol. The van der Waals surface area contributed by atoms with E-state index in [1.807, 2.05) is 36.1 Å². The molecule has 10 heteroatoms. The lowest BCUT2D eigenvalue weighted by Crippen LogP contribution is -2.49. The minimum Gasteiger partial charge on any atom is -0.494 e. The summed E-state index contributed by atoms with van der Waals surface area (Å²) in [5.41, 5.74) is 0.930.